The van der Waals surface area contributed by atoms with Crippen LogP contribution in [0.25, 0.3) is 0 Å². The third-order valence-electron chi connectivity index (χ3n) is 5.04. The van der Waals surface area contributed by atoms with Gasteiger partial charge in [-0.05, 0) is 55.0 Å². The minimum absolute atomic E-state index is 0.0477. The molecule has 4 rings (SSSR count). The molecule has 3 amide bonds. The molecule has 0 spiro atoms. The lowest BCUT2D eigenvalue weighted by atomic mass is 10.1. The van der Waals surface area contributed by atoms with Crippen LogP contribution < -0.4 is 15.5 Å². The number of imide groups is 1. The van der Waals surface area contributed by atoms with Crippen LogP contribution in [-0.4, -0.2) is 17.7 Å². The molecule has 0 aromatic heterocycles. The fourth-order valence-electron chi connectivity index (χ4n) is 3.30. The summed E-state index contributed by atoms with van der Waals surface area (Å²) in [5.41, 5.74) is 2.08. The van der Waals surface area contributed by atoms with E-state index in [0.717, 1.165) is 10.5 Å². The molecule has 0 unspecified atom stereocenters. The van der Waals surface area contributed by atoms with Crippen molar-refractivity contribution < 1.29 is 14.4 Å². The molecule has 3 aromatic carbocycles. The zero-order valence-corrected chi connectivity index (χ0v) is 20.5. The van der Waals surface area contributed by atoms with Crippen LogP contribution in [0.3, 0.4) is 0 Å². The number of amides is 3. The van der Waals surface area contributed by atoms with E-state index in [1.165, 1.54) is 18.2 Å². The van der Waals surface area contributed by atoms with Gasteiger partial charge in [-0.15, -0.1) is 0 Å². The Morgan fingerprint density at radius 1 is 0.882 bits per heavy atom. The number of hydrogen-bond acceptors (Lipinski definition) is 4. The van der Waals surface area contributed by atoms with Gasteiger partial charge in [0.2, 0.25) is 0 Å². The smallest absolute Gasteiger partial charge is 0.283 e. The Morgan fingerprint density at radius 2 is 1.62 bits per heavy atom. The average Bonchev–Trinajstić information content (AvgIpc) is 3.01. The number of anilines is 3. The van der Waals surface area contributed by atoms with Gasteiger partial charge in [0.1, 0.15) is 10.7 Å². The molecule has 34 heavy (non-hydrogen) atoms. The van der Waals surface area contributed by atoms with Crippen molar-refractivity contribution in [3.05, 3.63) is 97.6 Å². The van der Waals surface area contributed by atoms with E-state index in [-0.39, 0.29) is 32.4 Å². The van der Waals surface area contributed by atoms with E-state index in [0.29, 0.717) is 22.0 Å². The maximum atomic E-state index is 13.0. The van der Waals surface area contributed by atoms with E-state index in [4.69, 9.17) is 46.4 Å². The SMILES string of the molecule is Cc1ccc(Cl)cc1NC(=O)c1cccc(NC2=C(Cl)C(=O)N(c3cccc(Cl)c3Cl)C2=O)c1. The number of nitrogens with zero attached hydrogens (tertiary/aromatic N) is 1. The summed E-state index contributed by atoms with van der Waals surface area (Å²) in [5, 5.41) is 6.06. The number of hydrogen-bond donors (Lipinski definition) is 2. The second kappa shape index (κ2) is 9.68. The summed E-state index contributed by atoms with van der Waals surface area (Å²) < 4.78 is 0. The maximum absolute atomic E-state index is 13.0. The maximum Gasteiger partial charge on any atom is 0.283 e. The molecule has 0 saturated heterocycles. The van der Waals surface area contributed by atoms with E-state index >= 15 is 0 Å². The number of benzene rings is 3. The van der Waals surface area contributed by atoms with Crippen LogP contribution in [-0.2, 0) is 9.59 Å². The predicted molar refractivity (Wildman–Crippen MR) is 136 cm³/mol. The van der Waals surface area contributed by atoms with Crippen molar-refractivity contribution >= 4 is 81.2 Å². The minimum atomic E-state index is -0.747. The first-order valence-electron chi connectivity index (χ1n) is 9.84. The zero-order valence-electron chi connectivity index (χ0n) is 17.5. The quantitative estimate of drug-likeness (QED) is 0.359. The Labute approximate surface area is 215 Å². The number of carbonyl (C=O) groups excluding carboxylic acids is 3. The molecule has 0 atom stereocenters. The minimum Gasteiger partial charge on any atom is -0.350 e. The van der Waals surface area contributed by atoms with Crippen LogP contribution in [0.1, 0.15) is 15.9 Å². The molecule has 0 saturated carbocycles. The average molecular weight is 535 g/mol. The summed E-state index contributed by atoms with van der Waals surface area (Å²) in [6.45, 7) is 1.85. The number of nitrogens with one attached hydrogen (secondary N) is 2. The first-order valence-corrected chi connectivity index (χ1v) is 11.4. The largest absolute Gasteiger partial charge is 0.350 e. The van der Waals surface area contributed by atoms with Crippen LogP contribution in [0.2, 0.25) is 15.1 Å². The van der Waals surface area contributed by atoms with Crippen molar-refractivity contribution in [1.82, 2.24) is 0 Å². The summed E-state index contributed by atoms with van der Waals surface area (Å²) >= 11 is 24.4. The van der Waals surface area contributed by atoms with Gasteiger partial charge in [-0.25, -0.2) is 4.90 Å². The van der Waals surface area contributed by atoms with Crippen molar-refractivity contribution in [2.75, 3.05) is 15.5 Å². The molecule has 6 nitrogen and oxygen atoms in total. The summed E-state index contributed by atoms with van der Waals surface area (Å²) in [4.78, 5) is 39.4. The van der Waals surface area contributed by atoms with Crippen LogP contribution >= 0.6 is 46.4 Å². The van der Waals surface area contributed by atoms with E-state index in [1.54, 1.807) is 42.5 Å². The molecule has 1 aliphatic rings. The standard InChI is InChI=1S/C24H15Cl4N3O3/c1-12-8-9-14(25)11-17(12)30-22(32)13-4-2-5-15(10-13)29-21-20(28)23(33)31(24(21)34)18-7-3-6-16(26)19(18)27/h2-11,29H,1H3,(H,30,32). The van der Waals surface area contributed by atoms with Crippen molar-refractivity contribution in [2.24, 2.45) is 0 Å². The lowest BCUT2D eigenvalue weighted by molar-refractivity contribution is -0.120. The summed E-state index contributed by atoms with van der Waals surface area (Å²) in [6, 6.07) is 16.2. The Kier molecular flexibility index (Phi) is 6.86. The van der Waals surface area contributed by atoms with Gasteiger partial charge in [0.05, 0.1) is 15.7 Å². The third-order valence-corrected chi connectivity index (χ3v) is 6.44. The predicted octanol–water partition coefficient (Wildman–Crippen LogP) is 6.64. The first kappa shape index (κ1) is 24.1. The van der Waals surface area contributed by atoms with Gasteiger partial charge in [0, 0.05) is 22.0 Å². The number of aryl methyl sites for hydroxylation is 1. The number of halogens is 4. The molecule has 3 aromatic rings. The Hall–Kier alpha value is -3.03. The topological polar surface area (TPSA) is 78.5 Å². The molecule has 0 aliphatic carbocycles. The molecule has 10 heteroatoms. The highest BCUT2D eigenvalue weighted by molar-refractivity contribution is 6.54. The van der Waals surface area contributed by atoms with E-state index in [9.17, 15) is 14.4 Å². The van der Waals surface area contributed by atoms with Crippen LogP contribution in [0.4, 0.5) is 17.1 Å². The molecule has 1 aliphatic heterocycles. The third kappa shape index (κ3) is 4.63. The molecule has 0 fully saturated rings. The van der Waals surface area contributed by atoms with Gasteiger partial charge in [0.15, 0.2) is 0 Å². The van der Waals surface area contributed by atoms with Crippen LogP contribution in [0.5, 0.6) is 0 Å². The fraction of sp³-hybridized carbons (Fsp3) is 0.0417. The summed E-state index contributed by atoms with van der Waals surface area (Å²) in [6.07, 6.45) is 0. The highest BCUT2D eigenvalue weighted by atomic mass is 35.5. The number of carbonyl (C=O) groups is 3. The first-order chi connectivity index (χ1) is 16.2. The van der Waals surface area contributed by atoms with Crippen LogP contribution in [0, 0.1) is 6.92 Å². The molecule has 2 N–H and O–H groups in total. The zero-order chi connectivity index (χ0) is 24.6. The Morgan fingerprint density at radius 3 is 2.38 bits per heavy atom. The van der Waals surface area contributed by atoms with E-state index in [1.807, 2.05) is 6.92 Å². The molecular formula is C24H15Cl4N3O3. The molecular weight excluding hydrogens is 520 g/mol. The second-order valence-corrected chi connectivity index (χ2v) is 8.93. The van der Waals surface area contributed by atoms with E-state index in [2.05, 4.69) is 10.6 Å². The summed E-state index contributed by atoms with van der Waals surface area (Å²) in [7, 11) is 0. The monoisotopic (exact) mass is 533 g/mol. The van der Waals surface area contributed by atoms with E-state index < -0.39 is 11.8 Å². The Balaban J connectivity index is 1.57. The van der Waals surface area contributed by atoms with Gasteiger partial charge in [-0.1, -0.05) is 64.6 Å². The molecule has 0 bridgehead atoms. The molecule has 1 heterocycles. The lowest BCUT2D eigenvalue weighted by Crippen LogP contribution is -2.32. The van der Waals surface area contributed by atoms with Crippen LogP contribution in [0.15, 0.2) is 71.4 Å². The van der Waals surface area contributed by atoms with Crippen molar-refractivity contribution in [3.63, 3.8) is 0 Å². The van der Waals surface area contributed by atoms with Crippen molar-refractivity contribution in [1.29, 1.82) is 0 Å². The van der Waals surface area contributed by atoms with Crippen molar-refractivity contribution in [2.45, 2.75) is 6.92 Å². The van der Waals surface area contributed by atoms with Gasteiger partial charge in [0.25, 0.3) is 17.7 Å². The highest BCUT2D eigenvalue weighted by Crippen LogP contribution is 2.37. The normalized spacial score (nSPS) is 13.5. The van der Waals surface area contributed by atoms with Gasteiger partial charge >= 0.3 is 0 Å². The lowest BCUT2D eigenvalue weighted by Gasteiger charge is -2.17. The van der Waals surface area contributed by atoms with Gasteiger partial charge in [-0.3, -0.25) is 14.4 Å². The molecule has 172 valence electrons. The Bertz CT molecular complexity index is 1390. The number of rotatable bonds is 5. The van der Waals surface area contributed by atoms with Gasteiger partial charge < -0.3 is 10.6 Å². The molecule has 0 radical (unpaired) electrons. The van der Waals surface area contributed by atoms with Crippen molar-refractivity contribution in [3.8, 4) is 0 Å². The highest BCUT2D eigenvalue weighted by Gasteiger charge is 2.40. The fourth-order valence-corrected chi connectivity index (χ4v) is 4.07. The second-order valence-electron chi connectivity index (χ2n) is 7.33. The summed E-state index contributed by atoms with van der Waals surface area (Å²) in [5.74, 6) is -1.83. The van der Waals surface area contributed by atoms with Gasteiger partial charge in [-0.2, -0.15) is 0 Å².